The summed E-state index contributed by atoms with van der Waals surface area (Å²) in [7, 11) is 0. The lowest BCUT2D eigenvalue weighted by atomic mass is 10.1. The van der Waals surface area contributed by atoms with Crippen molar-refractivity contribution in [3.8, 4) is 6.07 Å². The number of nitrogens with one attached hydrogen (secondary N) is 1. The van der Waals surface area contributed by atoms with Crippen molar-refractivity contribution in [3.05, 3.63) is 23.9 Å². The summed E-state index contributed by atoms with van der Waals surface area (Å²) in [4.78, 5) is 6.78. The Morgan fingerprint density at radius 1 is 1.42 bits per heavy atom. The topological polar surface area (TPSA) is 52.0 Å². The Bertz CT molecular complexity index is 432. The number of nitrogens with zero attached hydrogens (tertiary/aromatic N) is 3. The number of piperidine rings is 1. The fourth-order valence-corrected chi connectivity index (χ4v) is 2.52. The molecule has 4 heteroatoms. The minimum atomic E-state index is 0.589. The lowest BCUT2D eigenvalue weighted by Gasteiger charge is -2.29. The van der Waals surface area contributed by atoms with E-state index in [4.69, 9.17) is 5.26 Å². The van der Waals surface area contributed by atoms with Crippen LogP contribution in [0.5, 0.6) is 0 Å². The quantitative estimate of drug-likeness (QED) is 0.881. The number of nitriles is 1. The van der Waals surface area contributed by atoms with E-state index in [1.165, 1.54) is 32.4 Å². The van der Waals surface area contributed by atoms with Crippen molar-refractivity contribution in [1.82, 2.24) is 9.88 Å². The molecule has 0 saturated carbocycles. The number of rotatable bonds is 5. The van der Waals surface area contributed by atoms with Gasteiger partial charge in [-0.1, -0.05) is 13.3 Å². The zero-order valence-electron chi connectivity index (χ0n) is 11.6. The molecule has 1 aromatic rings. The van der Waals surface area contributed by atoms with Crippen LogP contribution in [0.15, 0.2) is 18.3 Å². The molecule has 2 heterocycles. The zero-order chi connectivity index (χ0) is 13.5. The second-order valence-electron chi connectivity index (χ2n) is 5.39. The summed E-state index contributed by atoms with van der Waals surface area (Å²) in [6, 6.07) is 5.66. The van der Waals surface area contributed by atoms with E-state index in [1.54, 1.807) is 18.3 Å². The van der Waals surface area contributed by atoms with Crippen LogP contribution in [0.2, 0.25) is 0 Å². The normalized spacial score (nSPS) is 17.7. The van der Waals surface area contributed by atoms with Gasteiger partial charge in [-0.2, -0.15) is 5.26 Å². The standard InChI is InChI=1S/C15H22N4/c1-13(12-19-7-3-2-4-8-19)11-18-15-9-14(10-16)5-6-17-15/h5-6,9,13H,2-4,7-8,11-12H2,1H3,(H,17,18). The fraction of sp³-hybridized carbons (Fsp3) is 0.600. The zero-order valence-corrected chi connectivity index (χ0v) is 11.6. The van der Waals surface area contributed by atoms with Gasteiger partial charge in [-0.3, -0.25) is 0 Å². The van der Waals surface area contributed by atoms with Gasteiger partial charge in [0.15, 0.2) is 0 Å². The molecule has 1 fully saturated rings. The van der Waals surface area contributed by atoms with Crippen LogP contribution in [0.3, 0.4) is 0 Å². The first-order valence-electron chi connectivity index (χ1n) is 7.10. The smallest absolute Gasteiger partial charge is 0.127 e. The fourth-order valence-electron chi connectivity index (χ4n) is 2.52. The number of anilines is 1. The van der Waals surface area contributed by atoms with Crippen molar-refractivity contribution < 1.29 is 0 Å². The molecule has 1 N–H and O–H groups in total. The van der Waals surface area contributed by atoms with Crippen LogP contribution in [0, 0.1) is 17.2 Å². The summed E-state index contributed by atoms with van der Waals surface area (Å²) in [5.41, 5.74) is 0.654. The highest BCUT2D eigenvalue weighted by atomic mass is 15.1. The Hall–Kier alpha value is -1.60. The SMILES string of the molecule is CC(CNc1cc(C#N)ccn1)CN1CCCCC1. The van der Waals surface area contributed by atoms with Crippen LogP contribution in [0.4, 0.5) is 5.82 Å². The lowest BCUT2D eigenvalue weighted by molar-refractivity contribution is 0.204. The first-order chi connectivity index (χ1) is 9.28. The van der Waals surface area contributed by atoms with E-state index >= 15 is 0 Å². The van der Waals surface area contributed by atoms with Crippen LogP contribution >= 0.6 is 0 Å². The van der Waals surface area contributed by atoms with Gasteiger partial charge in [0.05, 0.1) is 11.6 Å². The number of pyridine rings is 1. The average Bonchev–Trinajstić information content (AvgIpc) is 2.46. The van der Waals surface area contributed by atoms with Gasteiger partial charge in [-0.25, -0.2) is 4.98 Å². The monoisotopic (exact) mass is 258 g/mol. The Morgan fingerprint density at radius 2 is 2.21 bits per heavy atom. The Kier molecular flexibility index (Phi) is 5.17. The highest BCUT2D eigenvalue weighted by Crippen LogP contribution is 2.12. The minimum absolute atomic E-state index is 0.589. The van der Waals surface area contributed by atoms with Crippen molar-refractivity contribution >= 4 is 5.82 Å². The Balaban J connectivity index is 1.76. The van der Waals surface area contributed by atoms with E-state index in [1.807, 2.05) is 0 Å². The molecule has 102 valence electrons. The maximum Gasteiger partial charge on any atom is 0.127 e. The van der Waals surface area contributed by atoms with Crippen LogP contribution in [-0.4, -0.2) is 36.1 Å². The van der Waals surface area contributed by atoms with Gasteiger partial charge in [0.25, 0.3) is 0 Å². The third kappa shape index (κ3) is 4.53. The second kappa shape index (κ2) is 7.10. The van der Waals surface area contributed by atoms with Crippen LogP contribution in [-0.2, 0) is 0 Å². The van der Waals surface area contributed by atoms with Gasteiger partial charge in [0, 0.05) is 19.3 Å². The molecular formula is C15H22N4. The summed E-state index contributed by atoms with van der Waals surface area (Å²) in [6.07, 6.45) is 5.74. The molecule has 0 bridgehead atoms. The van der Waals surface area contributed by atoms with Gasteiger partial charge < -0.3 is 10.2 Å². The predicted octanol–water partition coefficient (Wildman–Crippen LogP) is 2.49. The average molecular weight is 258 g/mol. The molecule has 0 aliphatic carbocycles. The van der Waals surface area contributed by atoms with Crippen LogP contribution < -0.4 is 5.32 Å². The molecular weight excluding hydrogens is 236 g/mol. The molecule has 2 rings (SSSR count). The van der Waals surface area contributed by atoms with E-state index < -0.39 is 0 Å². The summed E-state index contributed by atoms with van der Waals surface area (Å²) in [5.74, 6) is 1.38. The summed E-state index contributed by atoms with van der Waals surface area (Å²) in [5, 5.41) is 12.2. The van der Waals surface area contributed by atoms with Gasteiger partial charge in [0.2, 0.25) is 0 Å². The molecule has 4 nitrogen and oxygen atoms in total. The van der Waals surface area contributed by atoms with Crippen molar-refractivity contribution in [2.45, 2.75) is 26.2 Å². The van der Waals surface area contributed by atoms with Gasteiger partial charge in [-0.05, 0) is 44.0 Å². The van der Waals surface area contributed by atoms with Crippen molar-refractivity contribution in [3.63, 3.8) is 0 Å². The first kappa shape index (κ1) is 13.8. The van der Waals surface area contributed by atoms with Crippen LogP contribution in [0.25, 0.3) is 0 Å². The first-order valence-corrected chi connectivity index (χ1v) is 7.10. The number of aromatic nitrogens is 1. The third-order valence-corrected chi connectivity index (χ3v) is 3.54. The van der Waals surface area contributed by atoms with E-state index in [2.05, 4.69) is 28.2 Å². The molecule has 1 aliphatic heterocycles. The predicted molar refractivity (Wildman–Crippen MR) is 76.9 cm³/mol. The van der Waals surface area contributed by atoms with Crippen LogP contribution in [0.1, 0.15) is 31.7 Å². The summed E-state index contributed by atoms with van der Waals surface area (Å²) < 4.78 is 0. The number of hydrogen-bond donors (Lipinski definition) is 1. The molecule has 19 heavy (non-hydrogen) atoms. The third-order valence-electron chi connectivity index (χ3n) is 3.54. The Morgan fingerprint density at radius 3 is 2.95 bits per heavy atom. The molecule has 0 spiro atoms. The summed E-state index contributed by atoms with van der Waals surface area (Å²) in [6.45, 7) is 6.79. The minimum Gasteiger partial charge on any atom is -0.370 e. The van der Waals surface area contributed by atoms with E-state index in [-0.39, 0.29) is 0 Å². The summed E-state index contributed by atoms with van der Waals surface area (Å²) >= 11 is 0. The molecule has 1 saturated heterocycles. The van der Waals surface area contributed by atoms with E-state index in [9.17, 15) is 0 Å². The lowest BCUT2D eigenvalue weighted by Crippen LogP contribution is -2.35. The molecule has 1 aliphatic rings. The Labute approximate surface area is 115 Å². The number of likely N-dealkylation sites (tertiary alicyclic amines) is 1. The molecule has 1 atom stereocenters. The van der Waals surface area contributed by atoms with E-state index in [0.717, 1.165) is 18.9 Å². The van der Waals surface area contributed by atoms with Gasteiger partial charge in [0.1, 0.15) is 5.82 Å². The highest BCUT2D eigenvalue weighted by Gasteiger charge is 2.13. The van der Waals surface area contributed by atoms with E-state index in [0.29, 0.717) is 11.5 Å². The van der Waals surface area contributed by atoms with Crippen molar-refractivity contribution in [2.75, 3.05) is 31.5 Å². The number of hydrogen-bond acceptors (Lipinski definition) is 4. The van der Waals surface area contributed by atoms with Crippen molar-refractivity contribution in [2.24, 2.45) is 5.92 Å². The van der Waals surface area contributed by atoms with Crippen molar-refractivity contribution in [1.29, 1.82) is 5.26 Å². The molecule has 0 aromatic carbocycles. The maximum atomic E-state index is 8.84. The molecule has 0 radical (unpaired) electrons. The second-order valence-corrected chi connectivity index (χ2v) is 5.39. The maximum absolute atomic E-state index is 8.84. The van der Waals surface area contributed by atoms with Gasteiger partial charge in [-0.15, -0.1) is 0 Å². The molecule has 1 unspecified atom stereocenters. The molecule has 1 aromatic heterocycles. The highest BCUT2D eigenvalue weighted by molar-refractivity contribution is 5.42. The molecule has 0 amide bonds. The largest absolute Gasteiger partial charge is 0.370 e. The van der Waals surface area contributed by atoms with Gasteiger partial charge >= 0.3 is 0 Å².